The van der Waals surface area contributed by atoms with Gasteiger partial charge in [-0.25, -0.2) is 0 Å². The highest BCUT2D eigenvalue weighted by Gasteiger charge is 2.35. The van der Waals surface area contributed by atoms with Gasteiger partial charge in [0.2, 0.25) is 0 Å². The van der Waals surface area contributed by atoms with Gasteiger partial charge in [-0.05, 0) is 12.0 Å². The Hall–Kier alpha value is -1.25. The second-order valence-corrected chi connectivity index (χ2v) is 3.33. The van der Waals surface area contributed by atoms with Crippen LogP contribution in [0.25, 0.3) is 0 Å². The monoisotopic (exact) mass is 166 g/mol. The minimum absolute atomic E-state index is 0.0201. The van der Waals surface area contributed by atoms with Gasteiger partial charge in [-0.3, -0.25) is 4.79 Å². The molecule has 0 heterocycles. The molecule has 0 aromatic heterocycles. The van der Waals surface area contributed by atoms with E-state index in [9.17, 15) is 15.0 Å². The van der Waals surface area contributed by atoms with Crippen molar-refractivity contribution in [3.63, 3.8) is 0 Å². The summed E-state index contributed by atoms with van der Waals surface area (Å²) in [4.78, 5) is 11.2. The van der Waals surface area contributed by atoms with E-state index in [0.717, 1.165) is 0 Å². The molecule has 12 heavy (non-hydrogen) atoms. The molecule has 0 saturated heterocycles. The van der Waals surface area contributed by atoms with Crippen molar-refractivity contribution in [3.8, 4) is 0 Å². The molecule has 0 amide bonds. The first kappa shape index (κ1) is 7.40. The van der Waals surface area contributed by atoms with Crippen molar-refractivity contribution >= 4 is 5.78 Å². The van der Waals surface area contributed by atoms with Crippen LogP contribution in [-0.4, -0.2) is 16.0 Å². The molecule has 0 aromatic rings. The Kier molecular flexibility index (Phi) is 1.46. The van der Waals surface area contributed by atoms with Gasteiger partial charge in [0.15, 0.2) is 5.78 Å². The lowest BCUT2D eigenvalue weighted by molar-refractivity contribution is -0.118. The zero-order valence-corrected chi connectivity index (χ0v) is 6.53. The van der Waals surface area contributed by atoms with E-state index < -0.39 is 0 Å². The topological polar surface area (TPSA) is 57.5 Å². The molecule has 0 fully saturated rings. The second kappa shape index (κ2) is 2.37. The fourth-order valence-electron chi connectivity index (χ4n) is 1.82. The van der Waals surface area contributed by atoms with Gasteiger partial charge in [0.05, 0.1) is 0 Å². The molecule has 3 nitrogen and oxygen atoms in total. The van der Waals surface area contributed by atoms with Gasteiger partial charge >= 0.3 is 0 Å². The lowest BCUT2D eigenvalue weighted by Crippen LogP contribution is -2.22. The van der Waals surface area contributed by atoms with Crippen LogP contribution >= 0.6 is 0 Å². The zero-order valence-electron chi connectivity index (χ0n) is 6.53. The van der Waals surface area contributed by atoms with E-state index in [1.165, 1.54) is 0 Å². The Balaban J connectivity index is 2.26. The summed E-state index contributed by atoms with van der Waals surface area (Å²) in [5, 5.41) is 18.4. The average Bonchev–Trinajstić information content (AvgIpc) is 2.35. The molecule has 0 saturated carbocycles. The van der Waals surface area contributed by atoms with E-state index in [0.29, 0.717) is 12.8 Å². The highest BCUT2D eigenvalue weighted by molar-refractivity contribution is 5.94. The number of hydrogen-bond donors (Lipinski definition) is 2. The molecule has 2 aliphatic carbocycles. The summed E-state index contributed by atoms with van der Waals surface area (Å²) in [5.74, 6) is 0.0669. The van der Waals surface area contributed by atoms with Gasteiger partial charge in [0.1, 0.15) is 11.5 Å². The first-order valence-electron chi connectivity index (χ1n) is 4.00. The summed E-state index contributed by atoms with van der Waals surface area (Å²) >= 11 is 0. The number of carbonyl (C=O) groups is 1. The van der Waals surface area contributed by atoms with Crippen LogP contribution in [0.2, 0.25) is 0 Å². The summed E-state index contributed by atoms with van der Waals surface area (Å²) in [6.07, 6.45) is 4.05. The number of fused-ring (bicyclic) bond motifs is 1. The van der Waals surface area contributed by atoms with Gasteiger partial charge in [-0.15, -0.1) is 0 Å². The fraction of sp³-hybridized carbons (Fsp3) is 0.444. The quantitative estimate of drug-likeness (QED) is 0.573. The van der Waals surface area contributed by atoms with E-state index >= 15 is 0 Å². The number of carbonyl (C=O) groups excluding carboxylic acids is 1. The maximum atomic E-state index is 11.2. The third kappa shape index (κ3) is 0.932. The van der Waals surface area contributed by atoms with Gasteiger partial charge in [0.25, 0.3) is 0 Å². The smallest absolute Gasteiger partial charge is 0.159 e. The van der Waals surface area contributed by atoms with E-state index in [-0.39, 0.29) is 29.1 Å². The van der Waals surface area contributed by atoms with E-state index in [1.54, 1.807) is 6.08 Å². The molecule has 0 unspecified atom stereocenters. The van der Waals surface area contributed by atoms with Crippen LogP contribution < -0.4 is 0 Å². The molecular weight excluding hydrogens is 156 g/mol. The second-order valence-electron chi connectivity index (χ2n) is 3.33. The molecule has 2 atom stereocenters. The summed E-state index contributed by atoms with van der Waals surface area (Å²) in [7, 11) is 0. The summed E-state index contributed by atoms with van der Waals surface area (Å²) < 4.78 is 0. The fourth-order valence-corrected chi connectivity index (χ4v) is 1.82. The Morgan fingerprint density at radius 1 is 1.25 bits per heavy atom. The van der Waals surface area contributed by atoms with Gasteiger partial charge in [-0.2, -0.15) is 0 Å². The Labute approximate surface area is 70.0 Å². The van der Waals surface area contributed by atoms with Crippen molar-refractivity contribution in [1.82, 2.24) is 0 Å². The summed E-state index contributed by atoms with van der Waals surface area (Å²) in [5.41, 5.74) is 0. The third-order valence-electron chi connectivity index (χ3n) is 2.57. The first-order chi connectivity index (χ1) is 5.68. The van der Waals surface area contributed by atoms with Crippen LogP contribution in [-0.2, 0) is 4.79 Å². The van der Waals surface area contributed by atoms with Crippen molar-refractivity contribution in [2.45, 2.75) is 12.8 Å². The SMILES string of the molecule is O=C1C=C[C@H]2CC(O)=C(O)C[C@@H]12. The normalized spacial score (nSPS) is 34.2. The van der Waals surface area contributed by atoms with Crippen LogP contribution in [0, 0.1) is 11.8 Å². The predicted molar refractivity (Wildman–Crippen MR) is 42.6 cm³/mol. The molecule has 0 aromatic carbocycles. The highest BCUT2D eigenvalue weighted by Crippen LogP contribution is 2.37. The van der Waals surface area contributed by atoms with Crippen LogP contribution in [0.4, 0.5) is 0 Å². The van der Waals surface area contributed by atoms with Crippen LogP contribution in [0.3, 0.4) is 0 Å². The standard InChI is InChI=1S/C9H10O3/c10-7-2-1-5-3-8(11)9(12)4-6(5)7/h1-2,5-6,11-12H,3-4H2/t5-,6+/m0/s1. The zero-order chi connectivity index (χ0) is 8.72. The molecule has 2 N–H and O–H groups in total. The highest BCUT2D eigenvalue weighted by atomic mass is 16.3. The number of aliphatic hydroxyl groups excluding tert-OH is 2. The molecule has 0 aliphatic heterocycles. The van der Waals surface area contributed by atoms with Crippen molar-refractivity contribution in [2.75, 3.05) is 0 Å². The van der Waals surface area contributed by atoms with Crippen molar-refractivity contribution in [1.29, 1.82) is 0 Å². The Morgan fingerprint density at radius 2 is 1.92 bits per heavy atom. The van der Waals surface area contributed by atoms with E-state index in [4.69, 9.17) is 0 Å². The molecule has 0 bridgehead atoms. The van der Waals surface area contributed by atoms with Gasteiger partial charge < -0.3 is 10.2 Å². The predicted octanol–water partition coefficient (Wildman–Crippen LogP) is 1.48. The van der Waals surface area contributed by atoms with Crippen molar-refractivity contribution < 1.29 is 15.0 Å². The summed E-state index contributed by atoms with van der Waals surface area (Å²) in [6, 6.07) is 0. The molecule has 2 aliphatic rings. The van der Waals surface area contributed by atoms with Gasteiger partial charge in [-0.1, -0.05) is 6.08 Å². The van der Waals surface area contributed by atoms with E-state index in [1.807, 2.05) is 6.08 Å². The molecule has 2 rings (SSSR count). The van der Waals surface area contributed by atoms with E-state index in [2.05, 4.69) is 0 Å². The van der Waals surface area contributed by atoms with Gasteiger partial charge in [0, 0.05) is 18.8 Å². The third-order valence-corrected chi connectivity index (χ3v) is 2.57. The number of hydrogen-bond acceptors (Lipinski definition) is 3. The maximum absolute atomic E-state index is 11.2. The number of aliphatic hydroxyl groups is 2. The maximum Gasteiger partial charge on any atom is 0.159 e. The first-order valence-corrected chi connectivity index (χ1v) is 4.00. The molecular formula is C9H10O3. The summed E-state index contributed by atoms with van der Waals surface area (Å²) in [6.45, 7) is 0. The molecule has 64 valence electrons. The van der Waals surface area contributed by atoms with Crippen molar-refractivity contribution in [2.24, 2.45) is 11.8 Å². The van der Waals surface area contributed by atoms with Crippen LogP contribution in [0.15, 0.2) is 23.7 Å². The molecule has 0 spiro atoms. The number of allylic oxidation sites excluding steroid dienone is 4. The van der Waals surface area contributed by atoms with Crippen LogP contribution in [0.1, 0.15) is 12.8 Å². The Bertz CT molecular complexity index is 284. The average molecular weight is 166 g/mol. The molecule has 0 radical (unpaired) electrons. The van der Waals surface area contributed by atoms with Crippen molar-refractivity contribution in [3.05, 3.63) is 23.7 Å². The van der Waals surface area contributed by atoms with Crippen LogP contribution in [0.5, 0.6) is 0 Å². The largest absolute Gasteiger partial charge is 0.509 e. The number of rotatable bonds is 0. The minimum atomic E-state index is -0.124. The minimum Gasteiger partial charge on any atom is -0.509 e. The lowest BCUT2D eigenvalue weighted by Gasteiger charge is -2.22. The molecule has 3 heteroatoms. The number of ketones is 1. The lowest BCUT2D eigenvalue weighted by atomic mass is 9.83. The Morgan fingerprint density at radius 3 is 2.67 bits per heavy atom.